The van der Waals surface area contributed by atoms with Gasteiger partial charge in [-0.1, -0.05) is 18.2 Å². The monoisotopic (exact) mass is 410 g/mol. The maximum Gasteiger partial charge on any atom is 0.294 e. The maximum absolute atomic E-state index is 12.9. The lowest BCUT2D eigenvalue weighted by Gasteiger charge is -2.16. The van der Waals surface area contributed by atoms with Crippen molar-refractivity contribution in [3.8, 4) is 5.75 Å². The molecule has 4 rings (SSSR count). The Labute approximate surface area is 169 Å². The first-order valence-corrected chi connectivity index (χ1v) is 9.01. The van der Waals surface area contributed by atoms with Crippen LogP contribution in [0.2, 0.25) is 0 Å². The number of hydrogen-bond donors (Lipinski definition) is 0. The first-order chi connectivity index (χ1) is 14.4. The number of ether oxygens (including phenoxy) is 1. The number of nitro benzene ring substituents is 1. The van der Waals surface area contributed by atoms with Gasteiger partial charge in [-0.3, -0.25) is 19.7 Å². The van der Waals surface area contributed by atoms with Crippen molar-refractivity contribution in [1.29, 1.82) is 0 Å². The third kappa shape index (κ3) is 3.77. The number of nitro groups is 1. The van der Waals surface area contributed by atoms with E-state index in [1.165, 1.54) is 41.3 Å². The molecule has 1 amide bonds. The van der Waals surface area contributed by atoms with Crippen LogP contribution in [-0.4, -0.2) is 17.4 Å². The molecule has 2 heterocycles. The number of carbonyl (C=O) groups is 1. The molecular formula is C21H15FN2O6. The predicted molar refractivity (Wildman–Crippen MR) is 104 cm³/mol. The van der Waals surface area contributed by atoms with Crippen molar-refractivity contribution in [1.82, 2.24) is 0 Å². The number of amides is 1. The number of hydrogen-bond acceptors (Lipinski definition) is 6. The van der Waals surface area contributed by atoms with Crippen LogP contribution >= 0.6 is 0 Å². The summed E-state index contributed by atoms with van der Waals surface area (Å²) in [6.07, 6.45) is 1.59. The Hall–Kier alpha value is -4.01. The molecule has 1 aliphatic heterocycles. The number of carbonyl (C=O) groups excluding carboxylic acids is 1. The molecule has 0 N–H and O–H groups in total. The lowest BCUT2D eigenvalue weighted by Crippen LogP contribution is -2.29. The van der Waals surface area contributed by atoms with Crippen LogP contribution in [0.5, 0.6) is 5.75 Å². The van der Waals surface area contributed by atoms with Crippen molar-refractivity contribution in [2.75, 3.05) is 11.4 Å². The van der Waals surface area contributed by atoms with Crippen LogP contribution < -0.4 is 15.1 Å². The van der Waals surface area contributed by atoms with Gasteiger partial charge in [-0.05, 0) is 29.7 Å². The van der Waals surface area contributed by atoms with E-state index in [-0.39, 0.29) is 29.6 Å². The van der Waals surface area contributed by atoms with E-state index in [2.05, 4.69) is 0 Å². The van der Waals surface area contributed by atoms with Gasteiger partial charge in [-0.25, -0.2) is 4.39 Å². The van der Waals surface area contributed by atoms with Crippen molar-refractivity contribution in [2.45, 2.75) is 13.0 Å². The molecule has 0 bridgehead atoms. The molecule has 1 aromatic heterocycles. The first-order valence-electron chi connectivity index (χ1n) is 9.01. The van der Waals surface area contributed by atoms with Gasteiger partial charge >= 0.3 is 0 Å². The number of fused-ring (bicyclic) bond motifs is 1. The minimum atomic E-state index is -0.573. The summed E-state index contributed by atoms with van der Waals surface area (Å²) in [4.78, 5) is 37.0. The minimum absolute atomic E-state index is 0.0293. The second-order valence-corrected chi connectivity index (χ2v) is 6.66. The normalized spacial score (nSPS) is 12.5. The summed E-state index contributed by atoms with van der Waals surface area (Å²) in [5.41, 5.74) is 1.21. The lowest BCUT2D eigenvalue weighted by molar-refractivity contribution is -0.384. The SMILES string of the molecule is O=C(c1cc(=O)c(OCc2ccc(F)cc2)co1)N1CCc2ccc([N+](=O)[O-])cc21. The summed E-state index contributed by atoms with van der Waals surface area (Å²) in [6, 6.07) is 11.0. The highest BCUT2D eigenvalue weighted by molar-refractivity contribution is 6.05. The Morgan fingerprint density at radius 2 is 1.97 bits per heavy atom. The zero-order chi connectivity index (χ0) is 21.3. The zero-order valence-corrected chi connectivity index (χ0v) is 15.5. The molecule has 0 saturated carbocycles. The molecule has 8 nitrogen and oxygen atoms in total. The summed E-state index contributed by atoms with van der Waals surface area (Å²) in [7, 11) is 0. The number of rotatable bonds is 5. The van der Waals surface area contributed by atoms with Crippen molar-refractivity contribution in [3.05, 3.63) is 97.8 Å². The summed E-state index contributed by atoms with van der Waals surface area (Å²) in [6.45, 7) is 0.351. The molecule has 30 heavy (non-hydrogen) atoms. The average molecular weight is 410 g/mol. The topological polar surface area (TPSA) is 103 Å². The number of nitrogens with zero attached hydrogens (tertiary/aromatic N) is 2. The highest BCUT2D eigenvalue weighted by Crippen LogP contribution is 2.32. The molecule has 0 fully saturated rings. The van der Waals surface area contributed by atoms with E-state index in [1.54, 1.807) is 6.07 Å². The van der Waals surface area contributed by atoms with Crippen LogP contribution in [0.3, 0.4) is 0 Å². The van der Waals surface area contributed by atoms with Crippen LogP contribution in [0.4, 0.5) is 15.8 Å². The highest BCUT2D eigenvalue weighted by atomic mass is 19.1. The van der Waals surface area contributed by atoms with Gasteiger partial charge in [-0.2, -0.15) is 0 Å². The highest BCUT2D eigenvalue weighted by Gasteiger charge is 2.29. The Morgan fingerprint density at radius 3 is 2.67 bits per heavy atom. The molecule has 3 aromatic rings. The predicted octanol–water partition coefficient (Wildman–Crippen LogP) is 3.47. The fourth-order valence-electron chi connectivity index (χ4n) is 3.18. The van der Waals surface area contributed by atoms with Gasteiger partial charge in [0.2, 0.25) is 11.2 Å². The van der Waals surface area contributed by atoms with Gasteiger partial charge in [0.15, 0.2) is 5.76 Å². The fourth-order valence-corrected chi connectivity index (χ4v) is 3.18. The molecule has 0 atom stereocenters. The average Bonchev–Trinajstić information content (AvgIpc) is 3.16. The van der Waals surface area contributed by atoms with Crippen LogP contribution in [-0.2, 0) is 13.0 Å². The summed E-state index contributed by atoms with van der Waals surface area (Å²) in [5.74, 6) is -1.24. The Kier molecular flexibility index (Phi) is 5.01. The van der Waals surface area contributed by atoms with E-state index in [9.17, 15) is 24.1 Å². The maximum atomic E-state index is 12.9. The lowest BCUT2D eigenvalue weighted by atomic mass is 10.1. The van der Waals surface area contributed by atoms with Gasteiger partial charge in [-0.15, -0.1) is 0 Å². The molecule has 0 unspecified atom stereocenters. The van der Waals surface area contributed by atoms with E-state index in [4.69, 9.17) is 9.15 Å². The van der Waals surface area contributed by atoms with Crippen LogP contribution in [0, 0.1) is 15.9 Å². The third-order valence-corrected chi connectivity index (χ3v) is 4.74. The van der Waals surface area contributed by atoms with E-state index >= 15 is 0 Å². The van der Waals surface area contributed by atoms with Gasteiger partial charge in [0, 0.05) is 24.7 Å². The number of non-ortho nitro benzene ring substituents is 1. The van der Waals surface area contributed by atoms with Crippen molar-refractivity contribution in [2.24, 2.45) is 0 Å². The third-order valence-electron chi connectivity index (χ3n) is 4.74. The van der Waals surface area contributed by atoms with Crippen molar-refractivity contribution in [3.63, 3.8) is 0 Å². The molecular weight excluding hydrogens is 395 g/mol. The standard InChI is InChI=1S/C21H15FN2O6/c22-15-4-1-13(2-5-15)11-29-20-12-30-19(10-18(20)25)21(26)23-8-7-14-3-6-16(24(27)28)9-17(14)23/h1-6,9-10,12H,7-8,11H2. The molecule has 1 aliphatic rings. The van der Waals surface area contributed by atoms with Gasteiger partial charge < -0.3 is 14.1 Å². The van der Waals surface area contributed by atoms with Gasteiger partial charge in [0.05, 0.1) is 10.6 Å². The fraction of sp³-hybridized carbons (Fsp3) is 0.143. The Morgan fingerprint density at radius 1 is 1.20 bits per heavy atom. The van der Waals surface area contributed by atoms with Crippen LogP contribution in [0.1, 0.15) is 21.7 Å². The molecule has 0 saturated heterocycles. The van der Waals surface area contributed by atoms with Crippen molar-refractivity contribution < 1.29 is 23.3 Å². The second kappa shape index (κ2) is 7.78. The van der Waals surface area contributed by atoms with E-state index < -0.39 is 16.3 Å². The summed E-state index contributed by atoms with van der Waals surface area (Å²) in [5, 5.41) is 11.0. The summed E-state index contributed by atoms with van der Waals surface area (Å²) < 4.78 is 23.6. The number of anilines is 1. The largest absolute Gasteiger partial charge is 0.482 e. The molecule has 0 radical (unpaired) electrons. The number of benzene rings is 2. The van der Waals surface area contributed by atoms with Crippen LogP contribution in [0.15, 0.2) is 64.0 Å². The number of halogens is 1. The quantitative estimate of drug-likeness (QED) is 0.471. The van der Waals surface area contributed by atoms with E-state index in [1.807, 2.05) is 0 Å². The zero-order valence-electron chi connectivity index (χ0n) is 15.5. The molecule has 152 valence electrons. The Bertz CT molecular complexity index is 1190. The van der Waals surface area contributed by atoms with E-state index in [0.29, 0.717) is 24.2 Å². The van der Waals surface area contributed by atoms with Gasteiger partial charge in [0.25, 0.3) is 11.6 Å². The van der Waals surface area contributed by atoms with E-state index in [0.717, 1.165) is 17.9 Å². The van der Waals surface area contributed by atoms with Crippen LogP contribution in [0.25, 0.3) is 0 Å². The van der Waals surface area contributed by atoms with Crippen molar-refractivity contribution >= 4 is 17.3 Å². The first kappa shape index (κ1) is 19.3. The Balaban J connectivity index is 1.52. The summed E-state index contributed by atoms with van der Waals surface area (Å²) >= 11 is 0. The molecule has 2 aromatic carbocycles. The molecule has 0 aliphatic carbocycles. The molecule has 0 spiro atoms. The second-order valence-electron chi connectivity index (χ2n) is 6.66. The minimum Gasteiger partial charge on any atom is -0.482 e. The molecule has 9 heteroatoms. The van der Waals surface area contributed by atoms with Gasteiger partial charge in [0.1, 0.15) is 18.7 Å². The smallest absolute Gasteiger partial charge is 0.294 e.